The summed E-state index contributed by atoms with van der Waals surface area (Å²) in [5, 5.41) is 2.77. The number of ketones is 1. The number of nitrogens with one attached hydrogen (secondary N) is 1. The van der Waals surface area contributed by atoms with Gasteiger partial charge in [-0.3, -0.25) is 14.5 Å². The van der Waals surface area contributed by atoms with E-state index in [0.29, 0.717) is 38.3 Å². The normalized spacial score (nSPS) is 20.6. The second-order valence-electron chi connectivity index (χ2n) is 4.55. The molecule has 0 aromatic carbocycles. The Bertz CT molecular complexity index is 268. The summed E-state index contributed by atoms with van der Waals surface area (Å²) in [7, 11) is 3.51. The van der Waals surface area contributed by atoms with Crippen LogP contribution in [-0.2, 0) is 14.3 Å². The first-order valence-electron chi connectivity index (χ1n) is 6.11. The van der Waals surface area contributed by atoms with Gasteiger partial charge in [-0.25, -0.2) is 0 Å². The molecule has 1 atom stereocenters. The summed E-state index contributed by atoms with van der Waals surface area (Å²) in [5.74, 6) is 0.301. The topological polar surface area (TPSA) is 58.6 Å². The molecule has 0 aromatic rings. The number of hydrogen-bond acceptors (Lipinski definition) is 4. The van der Waals surface area contributed by atoms with E-state index in [0.717, 1.165) is 12.8 Å². The van der Waals surface area contributed by atoms with Gasteiger partial charge in [-0.05, 0) is 19.9 Å². The monoisotopic (exact) mass is 242 g/mol. The van der Waals surface area contributed by atoms with E-state index in [2.05, 4.69) is 5.32 Å². The van der Waals surface area contributed by atoms with Crippen LogP contribution in [0.1, 0.15) is 25.7 Å². The zero-order chi connectivity index (χ0) is 12.7. The number of ether oxygens (including phenoxy) is 1. The van der Waals surface area contributed by atoms with Crippen molar-refractivity contribution < 1.29 is 14.3 Å². The van der Waals surface area contributed by atoms with Crippen molar-refractivity contribution in [3.8, 4) is 0 Å². The number of Topliss-reactive ketones (excluding diaryl/α,β-unsaturated/α-hetero) is 1. The predicted molar refractivity (Wildman–Crippen MR) is 64.8 cm³/mol. The Kier molecular flexibility index (Phi) is 6.15. The Morgan fingerprint density at radius 3 is 3.00 bits per heavy atom. The molecule has 0 bridgehead atoms. The highest BCUT2D eigenvalue weighted by Crippen LogP contribution is 2.18. The molecule has 0 heterocycles. The number of nitrogens with zero attached hydrogens (tertiary/aromatic N) is 1. The Labute approximate surface area is 102 Å². The SMILES string of the molecule is COCCNC(=O)CN(C)C1CCCC(=O)C1. The summed E-state index contributed by atoms with van der Waals surface area (Å²) in [6, 6.07) is 0.226. The van der Waals surface area contributed by atoms with E-state index >= 15 is 0 Å². The summed E-state index contributed by atoms with van der Waals surface area (Å²) in [5.41, 5.74) is 0. The number of hydrogen-bond donors (Lipinski definition) is 1. The van der Waals surface area contributed by atoms with E-state index in [4.69, 9.17) is 4.74 Å². The van der Waals surface area contributed by atoms with Crippen LogP contribution in [0.4, 0.5) is 0 Å². The molecule has 0 radical (unpaired) electrons. The summed E-state index contributed by atoms with van der Waals surface area (Å²) >= 11 is 0. The molecule has 5 heteroatoms. The Morgan fingerprint density at radius 2 is 2.35 bits per heavy atom. The average molecular weight is 242 g/mol. The fourth-order valence-corrected chi connectivity index (χ4v) is 2.08. The number of methoxy groups -OCH3 is 1. The maximum absolute atomic E-state index is 11.6. The van der Waals surface area contributed by atoms with Crippen LogP contribution < -0.4 is 5.32 Å². The molecule has 5 nitrogen and oxygen atoms in total. The van der Waals surface area contributed by atoms with Gasteiger partial charge in [0.1, 0.15) is 5.78 Å². The molecule has 98 valence electrons. The van der Waals surface area contributed by atoms with Gasteiger partial charge in [-0.15, -0.1) is 0 Å². The smallest absolute Gasteiger partial charge is 0.234 e. The number of rotatable bonds is 6. The zero-order valence-corrected chi connectivity index (χ0v) is 10.7. The molecule has 1 amide bonds. The maximum atomic E-state index is 11.6. The summed E-state index contributed by atoms with van der Waals surface area (Å²) in [6.07, 6.45) is 3.24. The molecule has 1 unspecified atom stereocenters. The minimum atomic E-state index is -0.0115. The van der Waals surface area contributed by atoms with Gasteiger partial charge in [-0.1, -0.05) is 0 Å². The molecule has 1 N–H and O–H groups in total. The highest BCUT2D eigenvalue weighted by Gasteiger charge is 2.23. The van der Waals surface area contributed by atoms with E-state index in [-0.39, 0.29) is 11.9 Å². The lowest BCUT2D eigenvalue weighted by Gasteiger charge is -2.29. The summed E-state index contributed by atoms with van der Waals surface area (Å²) in [4.78, 5) is 24.9. The van der Waals surface area contributed by atoms with Crippen LogP contribution in [0.5, 0.6) is 0 Å². The third-order valence-electron chi connectivity index (χ3n) is 3.10. The minimum absolute atomic E-state index is 0.0115. The molecule has 1 saturated carbocycles. The van der Waals surface area contributed by atoms with E-state index in [1.807, 2.05) is 11.9 Å². The third-order valence-corrected chi connectivity index (χ3v) is 3.10. The second kappa shape index (κ2) is 7.40. The van der Waals surface area contributed by atoms with Gasteiger partial charge in [0.25, 0.3) is 0 Å². The van der Waals surface area contributed by atoms with Crippen LogP contribution in [0, 0.1) is 0 Å². The lowest BCUT2D eigenvalue weighted by atomic mass is 9.93. The highest BCUT2D eigenvalue weighted by molar-refractivity contribution is 5.80. The Hall–Kier alpha value is -0.940. The first kappa shape index (κ1) is 14.1. The van der Waals surface area contributed by atoms with Crippen LogP contribution in [0.15, 0.2) is 0 Å². The molecule has 0 aromatic heterocycles. The van der Waals surface area contributed by atoms with Crippen LogP contribution in [-0.4, -0.2) is 56.5 Å². The molecule has 1 rings (SSSR count). The van der Waals surface area contributed by atoms with Crippen LogP contribution in [0.3, 0.4) is 0 Å². The van der Waals surface area contributed by atoms with Crippen molar-refractivity contribution in [3.05, 3.63) is 0 Å². The van der Waals surface area contributed by atoms with E-state index in [9.17, 15) is 9.59 Å². The maximum Gasteiger partial charge on any atom is 0.234 e. The standard InChI is InChI=1S/C12H22N2O3/c1-14(9-12(16)13-6-7-17-2)10-4-3-5-11(15)8-10/h10H,3-9H2,1-2H3,(H,13,16). The second-order valence-corrected chi connectivity index (χ2v) is 4.55. The van der Waals surface area contributed by atoms with Gasteiger partial charge < -0.3 is 10.1 Å². The molecule has 0 spiro atoms. The van der Waals surface area contributed by atoms with Crippen LogP contribution in [0.2, 0.25) is 0 Å². The van der Waals surface area contributed by atoms with E-state index < -0.39 is 0 Å². The van der Waals surface area contributed by atoms with Gasteiger partial charge in [0.2, 0.25) is 5.91 Å². The van der Waals surface area contributed by atoms with E-state index in [1.165, 1.54) is 0 Å². The quantitative estimate of drug-likeness (QED) is 0.676. The molecule has 1 aliphatic rings. The lowest BCUT2D eigenvalue weighted by Crippen LogP contribution is -2.43. The van der Waals surface area contributed by atoms with Crippen molar-refractivity contribution in [1.29, 1.82) is 0 Å². The van der Waals surface area contributed by atoms with Crippen LogP contribution in [0.25, 0.3) is 0 Å². The average Bonchev–Trinajstić information content (AvgIpc) is 2.29. The van der Waals surface area contributed by atoms with Crippen LogP contribution >= 0.6 is 0 Å². The third kappa shape index (κ3) is 5.28. The molecule has 0 saturated heterocycles. The first-order chi connectivity index (χ1) is 8.13. The molecular weight excluding hydrogens is 220 g/mol. The van der Waals surface area contributed by atoms with Gasteiger partial charge in [0.05, 0.1) is 13.2 Å². The Balaban J connectivity index is 2.25. The number of carbonyl (C=O) groups is 2. The van der Waals surface area contributed by atoms with Crippen molar-refractivity contribution in [2.45, 2.75) is 31.7 Å². The molecular formula is C12H22N2O3. The summed E-state index contributed by atoms with van der Waals surface area (Å²) in [6.45, 7) is 1.41. The van der Waals surface area contributed by atoms with Gasteiger partial charge in [0.15, 0.2) is 0 Å². The van der Waals surface area contributed by atoms with Gasteiger partial charge >= 0.3 is 0 Å². The summed E-state index contributed by atoms with van der Waals surface area (Å²) < 4.78 is 4.85. The van der Waals surface area contributed by atoms with Crippen molar-refractivity contribution >= 4 is 11.7 Å². The lowest BCUT2D eigenvalue weighted by molar-refractivity contribution is -0.125. The van der Waals surface area contributed by atoms with E-state index in [1.54, 1.807) is 7.11 Å². The highest BCUT2D eigenvalue weighted by atomic mass is 16.5. The zero-order valence-electron chi connectivity index (χ0n) is 10.7. The van der Waals surface area contributed by atoms with Crippen molar-refractivity contribution in [2.24, 2.45) is 0 Å². The van der Waals surface area contributed by atoms with Gasteiger partial charge in [0, 0.05) is 32.5 Å². The minimum Gasteiger partial charge on any atom is -0.383 e. The number of likely N-dealkylation sites (N-methyl/N-ethyl adjacent to an activating group) is 1. The molecule has 17 heavy (non-hydrogen) atoms. The molecule has 1 fully saturated rings. The predicted octanol–water partition coefficient (Wildman–Crippen LogP) is 0.193. The Morgan fingerprint density at radius 1 is 1.59 bits per heavy atom. The molecule has 1 aliphatic carbocycles. The molecule has 0 aliphatic heterocycles. The fraction of sp³-hybridized carbons (Fsp3) is 0.833. The van der Waals surface area contributed by atoms with Crippen molar-refractivity contribution in [2.75, 3.05) is 33.9 Å². The number of amides is 1. The fourth-order valence-electron chi connectivity index (χ4n) is 2.08. The van der Waals surface area contributed by atoms with Crippen molar-refractivity contribution in [1.82, 2.24) is 10.2 Å². The number of carbonyl (C=O) groups excluding carboxylic acids is 2. The van der Waals surface area contributed by atoms with Gasteiger partial charge in [-0.2, -0.15) is 0 Å². The first-order valence-corrected chi connectivity index (χ1v) is 6.11. The van der Waals surface area contributed by atoms with Crippen molar-refractivity contribution in [3.63, 3.8) is 0 Å². The largest absolute Gasteiger partial charge is 0.383 e.